The number of ether oxygens (including phenoxy) is 1. The van der Waals surface area contributed by atoms with E-state index >= 15 is 0 Å². The third-order valence-corrected chi connectivity index (χ3v) is 6.31. The van der Waals surface area contributed by atoms with Gasteiger partial charge in [0.1, 0.15) is 11.9 Å². The van der Waals surface area contributed by atoms with Gasteiger partial charge < -0.3 is 25.9 Å². The molecule has 0 radical (unpaired) electrons. The van der Waals surface area contributed by atoms with Gasteiger partial charge in [0.2, 0.25) is 5.91 Å². The van der Waals surface area contributed by atoms with Crippen LogP contribution in [0.15, 0.2) is 48.5 Å². The van der Waals surface area contributed by atoms with Gasteiger partial charge in [-0.3, -0.25) is 9.59 Å². The number of piperidine rings is 1. The zero-order chi connectivity index (χ0) is 24.3. The van der Waals surface area contributed by atoms with Gasteiger partial charge in [0, 0.05) is 24.7 Å². The summed E-state index contributed by atoms with van der Waals surface area (Å²) in [7, 11) is 0. The normalized spacial score (nSPS) is 16.6. The van der Waals surface area contributed by atoms with Crippen LogP contribution in [0.4, 0.5) is 0 Å². The molecule has 2 aromatic rings. The van der Waals surface area contributed by atoms with Gasteiger partial charge in [-0.05, 0) is 62.4 Å². The maximum Gasteiger partial charge on any atom is 0.252 e. The third-order valence-electron chi connectivity index (χ3n) is 6.31. The lowest BCUT2D eigenvalue weighted by molar-refractivity contribution is -0.117. The van der Waals surface area contributed by atoms with Crippen molar-refractivity contribution in [3.63, 3.8) is 0 Å². The van der Waals surface area contributed by atoms with Gasteiger partial charge in [-0.1, -0.05) is 36.2 Å². The van der Waals surface area contributed by atoms with E-state index in [-0.39, 0.29) is 19.0 Å². The second-order valence-corrected chi connectivity index (χ2v) is 8.93. The number of aryl methyl sites for hydroxylation is 1. The standard InChI is InChI=1S/C16H23NO.C10H13N3O3/c1-13-5-7-15(8-6-13)18-16-9-11-17(12-10-16)14-3-2-4-14;11-9(14)5-7-1-3-8(4-2-7)10(15)12-6-13-16/h5-8,14,16H,2-4,9-12H2,1H3;1-4,13,16H,5-6H2,(H2,11,14)(H,12,15). The van der Waals surface area contributed by atoms with Crippen molar-refractivity contribution in [3.8, 4) is 5.75 Å². The first kappa shape index (κ1) is 25.7. The molecule has 0 unspecified atom stereocenters. The minimum atomic E-state index is -0.415. The van der Waals surface area contributed by atoms with Crippen LogP contribution in [0.5, 0.6) is 5.75 Å². The topological polar surface area (TPSA) is 117 Å². The molecule has 8 heteroatoms. The van der Waals surface area contributed by atoms with Crippen LogP contribution in [0.25, 0.3) is 0 Å². The summed E-state index contributed by atoms with van der Waals surface area (Å²) in [6.45, 7) is 4.53. The molecular weight excluding hydrogens is 432 g/mol. The van der Waals surface area contributed by atoms with Crippen molar-refractivity contribution in [1.82, 2.24) is 15.7 Å². The number of hydroxylamine groups is 1. The summed E-state index contributed by atoms with van der Waals surface area (Å²) in [6, 6.07) is 15.8. The number of amides is 2. The minimum Gasteiger partial charge on any atom is -0.490 e. The number of carbonyl (C=O) groups excluding carboxylic acids is 2. The number of nitrogens with one attached hydrogen (secondary N) is 2. The van der Waals surface area contributed by atoms with E-state index in [2.05, 4.69) is 41.4 Å². The average Bonchev–Trinajstić information content (AvgIpc) is 2.80. The number of benzene rings is 2. The number of primary amides is 1. The lowest BCUT2D eigenvalue weighted by atomic mass is 9.90. The van der Waals surface area contributed by atoms with Crippen LogP contribution < -0.4 is 21.3 Å². The van der Waals surface area contributed by atoms with Crippen LogP contribution in [-0.2, 0) is 11.2 Å². The van der Waals surface area contributed by atoms with Gasteiger partial charge in [0.05, 0.1) is 13.1 Å². The van der Waals surface area contributed by atoms with E-state index in [1.807, 2.05) is 5.48 Å². The van der Waals surface area contributed by atoms with E-state index in [9.17, 15) is 9.59 Å². The second-order valence-electron chi connectivity index (χ2n) is 8.93. The largest absolute Gasteiger partial charge is 0.490 e. The van der Waals surface area contributed by atoms with E-state index in [0.717, 1.165) is 17.4 Å². The zero-order valence-corrected chi connectivity index (χ0v) is 19.8. The second kappa shape index (κ2) is 13.1. The Morgan fingerprint density at radius 3 is 2.21 bits per heavy atom. The Labute approximate surface area is 201 Å². The summed E-state index contributed by atoms with van der Waals surface area (Å²) in [5, 5.41) is 10.7. The fourth-order valence-electron chi connectivity index (χ4n) is 4.12. The molecule has 0 atom stereocenters. The first-order valence-electron chi connectivity index (χ1n) is 11.9. The lowest BCUT2D eigenvalue weighted by Gasteiger charge is -2.41. The van der Waals surface area contributed by atoms with E-state index in [1.54, 1.807) is 24.3 Å². The van der Waals surface area contributed by atoms with Crippen LogP contribution in [-0.4, -0.2) is 53.8 Å². The molecule has 1 aliphatic carbocycles. The van der Waals surface area contributed by atoms with Gasteiger partial charge in [-0.2, -0.15) is 5.48 Å². The average molecular weight is 469 g/mol. The molecule has 8 nitrogen and oxygen atoms in total. The fourth-order valence-corrected chi connectivity index (χ4v) is 4.12. The predicted octanol–water partition coefficient (Wildman–Crippen LogP) is 2.77. The number of hydrogen-bond donors (Lipinski definition) is 4. The van der Waals surface area contributed by atoms with Crippen molar-refractivity contribution in [1.29, 1.82) is 0 Å². The summed E-state index contributed by atoms with van der Waals surface area (Å²) in [6.07, 6.45) is 7.22. The summed E-state index contributed by atoms with van der Waals surface area (Å²) in [4.78, 5) is 24.7. The first-order chi connectivity index (χ1) is 16.4. The van der Waals surface area contributed by atoms with Crippen molar-refractivity contribution in [2.45, 2.75) is 57.6 Å². The number of rotatable bonds is 8. The molecule has 0 aromatic heterocycles. The van der Waals surface area contributed by atoms with Crippen LogP contribution >= 0.6 is 0 Å². The van der Waals surface area contributed by atoms with Crippen molar-refractivity contribution >= 4 is 11.8 Å². The van der Waals surface area contributed by atoms with Crippen LogP contribution in [0.1, 0.15) is 53.6 Å². The monoisotopic (exact) mass is 468 g/mol. The highest BCUT2D eigenvalue weighted by atomic mass is 16.5. The molecule has 1 aliphatic heterocycles. The summed E-state index contributed by atoms with van der Waals surface area (Å²) < 4.78 is 6.06. The highest BCUT2D eigenvalue weighted by Crippen LogP contribution is 2.28. The zero-order valence-electron chi connectivity index (χ0n) is 19.8. The maximum absolute atomic E-state index is 11.4. The molecule has 4 rings (SSSR count). The highest BCUT2D eigenvalue weighted by Gasteiger charge is 2.29. The Hall–Kier alpha value is -2.94. The third kappa shape index (κ3) is 8.13. The summed E-state index contributed by atoms with van der Waals surface area (Å²) in [5.74, 6) is 0.302. The van der Waals surface area contributed by atoms with Crippen molar-refractivity contribution < 1.29 is 19.5 Å². The Balaban J connectivity index is 0.000000192. The van der Waals surface area contributed by atoms with Gasteiger partial charge in [0.25, 0.3) is 5.91 Å². The van der Waals surface area contributed by atoms with Crippen LogP contribution in [0, 0.1) is 6.92 Å². The number of nitrogens with zero attached hydrogens (tertiary/aromatic N) is 1. The highest BCUT2D eigenvalue weighted by molar-refractivity contribution is 5.94. The summed E-state index contributed by atoms with van der Waals surface area (Å²) in [5.41, 5.74) is 9.34. The Kier molecular flexibility index (Phi) is 9.88. The predicted molar refractivity (Wildman–Crippen MR) is 131 cm³/mol. The number of likely N-dealkylation sites (tertiary alicyclic amines) is 1. The van der Waals surface area contributed by atoms with Gasteiger partial charge in [0.15, 0.2) is 0 Å². The van der Waals surface area contributed by atoms with Crippen molar-refractivity contribution in [2.75, 3.05) is 19.8 Å². The van der Waals surface area contributed by atoms with E-state index in [1.165, 1.54) is 50.8 Å². The van der Waals surface area contributed by atoms with Crippen molar-refractivity contribution in [3.05, 3.63) is 65.2 Å². The molecule has 1 saturated heterocycles. The Morgan fingerprint density at radius 1 is 1.03 bits per heavy atom. The molecular formula is C26H36N4O4. The molecule has 1 heterocycles. The molecule has 2 fully saturated rings. The minimum absolute atomic E-state index is 0.0259. The molecule has 1 saturated carbocycles. The molecule has 0 bridgehead atoms. The maximum atomic E-state index is 11.4. The molecule has 34 heavy (non-hydrogen) atoms. The quantitative estimate of drug-likeness (QED) is 0.350. The molecule has 184 valence electrons. The Morgan fingerprint density at radius 2 is 1.68 bits per heavy atom. The Bertz CT molecular complexity index is 905. The van der Waals surface area contributed by atoms with Crippen LogP contribution in [0.3, 0.4) is 0 Å². The molecule has 2 aliphatic rings. The lowest BCUT2D eigenvalue weighted by Crippen LogP contribution is -2.46. The van der Waals surface area contributed by atoms with E-state index < -0.39 is 5.91 Å². The van der Waals surface area contributed by atoms with Gasteiger partial charge >= 0.3 is 0 Å². The molecule has 5 N–H and O–H groups in total. The summed E-state index contributed by atoms with van der Waals surface area (Å²) >= 11 is 0. The first-order valence-corrected chi connectivity index (χ1v) is 11.9. The molecule has 2 aromatic carbocycles. The number of carbonyl (C=O) groups is 2. The van der Waals surface area contributed by atoms with Crippen LogP contribution in [0.2, 0.25) is 0 Å². The van der Waals surface area contributed by atoms with Gasteiger partial charge in [-0.15, -0.1) is 0 Å². The van der Waals surface area contributed by atoms with Gasteiger partial charge in [-0.25, -0.2) is 0 Å². The molecule has 0 spiro atoms. The SMILES string of the molecule is Cc1ccc(OC2CCN(C3CCC3)CC2)cc1.NC(=O)Cc1ccc(C(=O)NCNO)cc1. The van der Waals surface area contributed by atoms with E-state index in [4.69, 9.17) is 15.7 Å². The van der Waals surface area contributed by atoms with Crippen molar-refractivity contribution in [2.24, 2.45) is 5.73 Å². The van der Waals surface area contributed by atoms with E-state index in [0.29, 0.717) is 11.7 Å². The number of hydrogen-bond acceptors (Lipinski definition) is 6. The molecule has 2 amide bonds. The fraction of sp³-hybridized carbons (Fsp3) is 0.462. The smallest absolute Gasteiger partial charge is 0.252 e. The number of nitrogens with two attached hydrogens (primary N) is 1.